The molecule has 3 atom stereocenters. The van der Waals surface area contributed by atoms with E-state index in [-0.39, 0.29) is 34.7 Å². The number of nitrogens with zero attached hydrogens (tertiary/aromatic N) is 1. The first kappa shape index (κ1) is 15.9. The molecule has 0 spiro atoms. The average Bonchev–Trinajstić information content (AvgIpc) is 2.51. The Morgan fingerprint density at radius 3 is 2.78 bits per heavy atom. The van der Waals surface area contributed by atoms with Crippen LogP contribution in [0.2, 0.25) is 0 Å². The summed E-state index contributed by atoms with van der Waals surface area (Å²) < 4.78 is 5.84. The Bertz CT molecular complexity index is 656. The first-order chi connectivity index (χ1) is 10.8. The van der Waals surface area contributed by atoms with E-state index >= 15 is 0 Å². The Kier molecular flexibility index (Phi) is 3.88. The number of aromatic nitrogens is 1. The molecule has 124 valence electrons. The van der Waals surface area contributed by atoms with Crippen molar-refractivity contribution in [2.75, 3.05) is 6.61 Å². The number of carboxylic acids is 1. The molecule has 2 heterocycles. The first-order valence-electron chi connectivity index (χ1n) is 7.96. The van der Waals surface area contributed by atoms with Crippen LogP contribution >= 0.6 is 0 Å². The van der Waals surface area contributed by atoms with E-state index in [4.69, 9.17) is 9.84 Å². The number of aryl methyl sites for hydroxylation is 1. The first-order valence-corrected chi connectivity index (χ1v) is 7.96. The molecule has 3 rings (SSSR count). The van der Waals surface area contributed by atoms with Crippen molar-refractivity contribution in [3.8, 4) is 0 Å². The average molecular weight is 318 g/mol. The van der Waals surface area contributed by atoms with Gasteiger partial charge in [-0.2, -0.15) is 0 Å². The lowest BCUT2D eigenvalue weighted by molar-refractivity contribution is -0.189. The van der Waals surface area contributed by atoms with E-state index in [0.29, 0.717) is 11.6 Å². The number of hydrogen-bond acceptors (Lipinski definition) is 4. The summed E-state index contributed by atoms with van der Waals surface area (Å²) in [4.78, 5) is 27.6. The Balaban J connectivity index is 1.74. The van der Waals surface area contributed by atoms with E-state index in [1.807, 2.05) is 0 Å². The minimum absolute atomic E-state index is 0.0570. The van der Waals surface area contributed by atoms with Crippen molar-refractivity contribution in [1.29, 1.82) is 0 Å². The minimum atomic E-state index is -1.04. The van der Waals surface area contributed by atoms with Crippen LogP contribution in [0, 0.1) is 18.3 Å². The molecule has 1 aromatic heterocycles. The molecule has 23 heavy (non-hydrogen) atoms. The summed E-state index contributed by atoms with van der Waals surface area (Å²) in [6.45, 7) is 6.61. The van der Waals surface area contributed by atoms with Crippen molar-refractivity contribution >= 4 is 11.9 Å². The van der Waals surface area contributed by atoms with Gasteiger partial charge in [0.1, 0.15) is 5.69 Å². The Morgan fingerprint density at radius 1 is 1.39 bits per heavy atom. The molecule has 3 unspecified atom stereocenters. The second-order valence-electron chi connectivity index (χ2n) is 7.00. The number of ether oxygens (including phenoxy) is 1. The van der Waals surface area contributed by atoms with Gasteiger partial charge < -0.3 is 15.2 Å². The topological polar surface area (TPSA) is 88.5 Å². The number of carbonyl (C=O) groups is 2. The molecule has 1 saturated carbocycles. The molecular weight excluding hydrogens is 296 g/mol. The highest BCUT2D eigenvalue weighted by Gasteiger charge is 2.58. The summed E-state index contributed by atoms with van der Waals surface area (Å²) in [6, 6.07) is 2.95. The number of carboxylic acid groups (broad SMARTS) is 1. The van der Waals surface area contributed by atoms with Crippen LogP contribution < -0.4 is 5.32 Å². The molecule has 2 N–H and O–H groups in total. The third-order valence-corrected chi connectivity index (χ3v) is 5.17. The number of carbonyl (C=O) groups excluding carboxylic acids is 1. The van der Waals surface area contributed by atoms with Crippen molar-refractivity contribution < 1.29 is 19.4 Å². The Morgan fingerprint density at radius 2 is 2.13 bits per heavy atom. The fourth-order valence-corrected chi connectivity index (χ4v) is 3.94. The van der Waals surface area contributed by atoms with Crippen LogP contribution in [0.25, 0.3) is 0 Å². The lowest BCUT2D eigenvalue weighted by Gasteiger charge is -2.59. The van der Waals surface area contributed by atoms with Gasteiger partial charge in [0.25, 0.3) is 5.91 Å². The van der Waals surface area contributed by atoms with Crippen molar-refractivity contribution in [2.24, 2.45) is 11.3 Å². The zero-order valence-corrected chi connectivity index (χ0v) is 13.6. The van der Waals surface area contributed by atoms with Crippen LogP contribution in [0.5, 0.6) is 0 Å². The van der Waals surface area contributed by atoms with Crippen LogP contribution in [0.1, 0.15) is 53.2 Å². The molecule has 0 radical (unpaired) electrons. The highest BCUT2D eigenvalue weighted by molar-refractivity contribution is 5.94. The lowest BCUT2D eigenvalue weighted by atomic mass is 9.55. The predicted molar refractivity (Wildman–Crippen MR) is 83.4 cm³/mol. The summed E-state index contributed by atoms with van der Waals surface area (Å²) in [5, 5.41) is 12.1. The molecule has 1 aliphatic carbocycles. The fourth-order valence-electron chi connectivity index (χ4n) is 3.94. The van der Waals surface area contributed by atoms with Gasteiger partial charge in [-0.3, -0.25) is 4.79 Å². The summed E-state index contributed by atoms with van der Waals surface area (Å²) in [5.41, 5.74) is 0.614. The molecule has 1 saturated heterocycles. The zero-order valence-electron chi connectivity index (χ0n) is 13.6. The number of nitrogens with one attached hydrogen (secondary N) is 1. The van der Waals surface area contributed by atoms with E-state index in [9.17, 15) is 9.59 Å². The summed E-state index contributed by atoms with van der Waals surface area (Å²) in [7, 11) is 0. The van der Waals surface area contributed by atoms with Gasteiger partial charge in [-0.1, -0.05) is 13.8 Å². The molecular formula is C17H22N2O4. The minimum Gasteiger partial charge on any atom is -0.478 e. The van der Waals surface area contributed by atoms with Gasteiger partial charge in [0, 0.05) is 24.0 Å². The third-order valence-electron chi connectivity index (χ3n) is 5.17. The molecule has 6 nitrogen and oxygen atoms in total. The quantitative estimate of drug-likeness (QED) is 0.890. The number of rotatable bonds is 3. The van der Waals surface area contributed by atoms with Gasteiger partial charge in [-0.25, -0.2) is 9.78 Å². The van der Waals surface area contributed by atoms with Crippen LogP contribution in [0.15, 0.2) is 12.1 Å². The molecule has 2 fully saturated rings. The van der Waals surface area contributed by atoms with Crippen molar-refractivity contribution in [1.82, 2.24) is 10.3 Å². The van der Waals surface area contributed by atoms with Gasteiger partial charge in [-0.05, 0) is 31.9 Å². The van der Waals surface area contributed by atoms with E-state index in [0.717, 1.165) is 19.4 Å². The van der Waals surface area contributed by atoms with E-state index < -0.39 is 5.97 Å². The maximum atomic E-state index is 12.5. The van der Waals surface area contributed by atoms with Crippen molar-refractivity contribution in [2.45, 2.75) is 45.8 Å². The molecule has 1 aromatic rings. The molecule has 1 amide bonds. The maximum Gasteiger partial charge on any atom is 0.337 e. The summed E-state index contributed by atoms with van der Waals surface area (Å²) in [5.74, 6) is -0.946. The number of hydrogen-bond donors (Lipinski definition) is 2. The van der Waals surface area contributed by atoms with Crippen LogP contribution in [0.3, 0.4) is 0 Å². The predicted octanol–water partition coefficient (Wildman–Crippen LogP) is 2.02. The standard InChI is InChI=1S/C17H22N2O4/c1-9-10(16(21)22)6-7-12(18-9)15(20)19-13-11-5-4-8-23-14(11)17(13,2)3/h6-7,11,13-14H,4-5,8H2,1-3H3,(H,19,20)(H,21,22). The molecule has 2 aliphatic rings. The smallest absolute Gasteiger partial charge is 0.337 e. The highest BCUT2D eigenvalue weighted by Crippen LogP contribution is 2.51. The van der Waals surface area contributed by atoms with E-state index in [2.05, 4.69) is 24.1 Å². The van der Waals surface area contributed by atoms with Gasteiger partial charge in [0.05, 0.1) is 17.4 Å². The highest BCUT2D eigenvalue weighted by atomic mass is 16.5. The summed E-state index contributed by atoms with van der Waals surface area (Å²) in [6.07, 6.45) is 2.28. The molecule has 0 aromatic carbocycles. The molecule has 0 bridgehead atoms. The van der Waals surface area contributed by atoms with E-state index in [1.165, 1.54) is 12.1 Å². The van der Waals surface area contributed by atoms with Gasteiger partial charge in [0.15, 0.2) is 0 Å². The molecule has 6 heteroatoms. The monoisotopic (exact) mass is 318 g/mol. The number of pyridine rings is 1. The Labute approximate surface area is 135 Å². The zero-order chi connectivity index (χ0) is 16.8. The summed E-state index contributed by atoms with van der Waals surface area (Å²) >= 11 is 0. The fraction of sp³-hybridized carbons (Fsp3) is 0.588. The number of amides is 1. The number of aromatic carboxylic acids is 1. The largest absolute Gasteiger partial charge is 0.478 e. The molecule has 1 aliphatic heterocycles. The number of fused-ring (bicyclic) bond motifs is 1. The van der Waals surface area contributed by atoms with Crippen molar-refractivity contribution in [3.05, 3.63) is 29.1 Å². The third kappa shape index (κ3) is 2.61. The van der Waals surface area contributed by atoms with Crippen LogP contribution in [-0.4, -0.2) is 40.7 Å². The second kappa shape index (κ2) is 5.60. The van der Waals surface area contributed by atoms with Crippen molar-refractivity contribution in [3.63, 3.8) is 0 Å². The second-order valence-corrected chi connectivity index (χ2v) is 7.00. The lowest BCUT2D eigenvalue weighted by Crippen LogP contribution is -2.70. The van der Waals surface area contributed by atoms with Crippen LogP contribution in [-0.2, 0) is 4.74 Å². The maximum absolute atomic E-state index is 12.5. The SMILES string of the molecule is Cc1nc(C(=O)NC2C3CCCOC3C2(C)C)ccc1C(=O)O. The van der Waals surface area contributed by atoms with Gasteiger partial charge in [0.2, 0.25) is 0 Å². The van der Waals surface area contributed by atoms with Gasteiger partial charge >= 0.3 is 5.97 Å². The van der Waals surface area contributed by atoms with E-state index in [1.54, 1.807) is 6.92 Å². The Hall–Kier alpha value is -1.95. The normalized spacial score (nSPS) is 28.4. The van der Waals surface area contributed by atoms with Gasteiger partial charge in [-0.15, -0.1) is 0 Å². The van der Waals surface area contributed by atoms with Crippen LogP contribution in [0.4, 0.5) is 0 Å².